The molecule has 0 saturated carbocycles. The molecule has 0 N–H and O–H groups in total. The molecule has 5 nitrogen and oxygen atoms in total. The Balaban J connectivity index is 1.90. The number of carbonyl (C=O) groups excluding carboxylic acids is 1. The van der Waals surface area contributed by atoms with E-state index < -0.39 is 5.60 Å². The van der Waals surface area contributed by atoms with Gasteiger partial charge in [-0.1, -0.05) is 0 Å². The molecule has 0 unspecified atom stereocenters. The predicted octanol–water partition coefficient (Wildman–Crippen LogP) is 3.23. The molecular formula is C14H19BrN2O3. The van der Waals surface area contributed by atoms with E-state index in [4.69, 9.17) is 9.47 Å². The minimum atomic E-state index is -0.472. The van der Waals surface area contributed by atoms with E-state index in [2.05, 4.69) is 20.9 Å². The molecule has 1 aliphatic rings. The third-order valence-corrected chi connectivity index (χ3v) is 3.40. The van der Waals surface area contributed by atoms with Gasteiger partial charge in [0.15, 0.2) is 0 Å². The van der Waals surface area contributed by atoms with Crippen LogP contribution in [0.5, 0.6) is 5.88 Å². The lowest BCUT2D eigenvalue weighted by molar-refractivity contribution is 0.0275. The Morgan fingerprint density at radius 2 is 2.25 bits per heavy atom. The first-order chi connectivity index (χ1) is 9.35. The van der Waals surface area contributed by atoms with E-state index in [9.17, 15) is 4.79 Å². The Hall–Kier alpha value is -1.30. The lowest BCUT2D eigenvalue weighted by Gasteiger charge is -2.24. The molecule has 1 amide bonds. The van der Waals surface area contributed by atoms with Gasteiger partial charge in [0.25, 0.3) is 0 Å². The molecule has 1 atom stereocenters. The number of pyridine rings is 1. The molecule has 2 heterocycles. The van der Waals surface area contributed by atoms with Gasteiger partial charge in [0.2, 0.25) is 5.88 Å². The summed E-state index contributed by atoms with van der Waals surface area (Å²) in [6.45, 7) is 6.75. The fourth-order valence-corrected chi connectivity index (χ4v) is 2.28. The van der Waals surface area contributed by atoms with E-state index in [1.54, 1.807) is 11.1 Å². The van der Waals surface area contributed by atoms with Gasteiger partial charge in [0.1, 0.15) is 11.7 Å². The monoisotopic (exact) mass is 342 g/mol. The molecule has 0 bridgehead atoms. The van der Waals surface area contributed by atoms with E-state index in [0.717, 1.165) is 10.9 Å². The van der Waals surface area contributed by atoms with E-state index in [1.165, 1.54) is 0 Å². The van der Waals surface area contributed by atoms with E-state index >= 15 is 0 Å². The second-order valence-electron chi connectivity index (χ2n) is 5.75. The molecule has 0 spiro atoms. The molecule has 0 radical (unpaired) electrons. The van der Waals surface area contributed by atoms with Gasteiger partial charge < -0.3 is 14.4 Å². The summed E-state index contributed by atoms with van der Waals surface area (Å²) in [4.78, 5) is 17.8. The number of hydrogen-bond acceptors (Lipinski definition) is 4. The largest absolute Gasteiger partial charge is 0.472 e. The second-order valence-corrected chi connectivity index (χ2v) is 6.60. The van der Waals surface area contributed by atoms with Crippen LogP contribution in [0, 0.1) is 0 Å². The summed E-state index contributed by atoms with van der Waals surface area (Å²) in [7, 11) is 0. The first-order valence-corrected chi connectivity index (χ1v) is 7.39. The normalized spacial score (nSPS) is 19.0. The first kappa shape index (κ1) is 15.1. The molecule has 1 aliphatic heterocycles. The molecule has 0 aliphatic carbocycles. The van der Waals surface area contributed by atoms with Crippen molar-refractivity contribution in [3.8, 4) is 5.88 Å². The maximum absolute atomic E-state index is 11.9. The van der Waals surface area contributed by atoms with Crippen LogP contribution in [0.1, 0.15) is 27.2 Å². The van der Waals surface area contributed by atoms with Gasteiger partial charge in [-0.3, -0.25) is 0 Å². The molecular weight excluding hydrogens is 324 g/mol. The minimum Gasteiger partial charge on any atom is -0.472 e. The topological polar surface area (TPSA) is 51.7 Å². The number of hydrogen-bond donors (Lipinski definition) is 0. The standard InChI is InChI=1S/C14H19BrN2O3/c1-14(2,3)20-13(18)17-8-6-10(9-17)19-12-11(15)5-4-7-16-12/h4-5,7,10H,6,8-9H2,1-3H3/t10-/m0/s1. The third kappa shape index (κ3) is 4.10. The Morgan fingerprint density at radius 3 is 2.90 bits per heavy atom. The molecule has 0 aromatic carbocycles. The van der Waals surface area contributed by atoms with Gasteiger partial charge in [0.05, 0.1) is 11.0 Å². The number of nitrogens with zero attached hydrogens (tertiary/aromatic N) is 2. The molecule has 2 rings (SSSR count). The number of halogens is 1. The van der Waals surface area contributed by atoms with Crippen LogP contribution in [-0.4, -0.2) is 40.8 Å². The van der Waals surface area contributed by atoms with Crippen LogP contribution in [0.2, 0.25) is 0 Å². The van der Waals surface area contributed by atoms with Crippen molar-refractivity contribution in [3.05, 3.63) is 22.8 Å². The maximum atomic E-state index is 11.9. The number of aromatic nitrogens is 1. The van der Waals surface area contributed by atoms with E-state index in [-0.39, 0.29) is 12.2 Å². The van der Waals surface area contributed by atoms with Gasteiger partial charge >= 0.3 is 6.09 Å². The van der Waals surface area contributed by atoms with Gasteiger partial charge in [0, 0.05) is 19.2 Å². The molecule has 20 heavy (non-hydrogen) atoms. The van der Waals surface area contributed by atoms with Gasteiger partial charge in [-0.15, -0.1) is 0 Å². The maximum Gasteiger partial charge on any atom is 0.410 e. The summed E-state index contributed by atoms with van der Waals surface area (Å²) < 4.78 is 12.0. The first-order valence-electron chi connectivity index (χ1n) is 6.60. The van der Waals surface area contributed by atoms with Crippen molar-refractivity contribution in [2.75, 3.05) is 13.1 Å². The molecule has 6 heteroatoms. The summed E-state index contributed by atoms with van der Waals surface area (Å²) in [6, 6.07) is 3.71. The van der Waals surface area contributed by atoms with Crippen molar-refractivity contribution in [1.29, 1.82) is 0 Å². The summed E-state index contributed by atoms with van der Waals surface area (Å²) in [5.74, 6) is 0.559. The molecule has 110 valence electrons. The Kier molecular flexibility index (Phi) is 4.52. The van der Waals surface area contributed by atoms with Crippen LogP contribution >= 0.6 is 15.9 Å². The van der Waals surface area contributed by atoms with Crippen molar-refractivity contribution < 1.29 is 14.3 Å². The number of likely N-dealkylation sites (tertiary alicyclic amines) is 1. The Bertz CT molecular complexity index is 488. The van der Waals surface area contributed by atoms with Crippen molar-refractivity contribution in [2.24, 2.45) is 0 Å². The highest BCUT2D eigenvalue weighted by molar-refractivity contribution is 9.10. The van der Waals surface area contributed by atoms with Crippen LogP contribution in [0.4, 0.5) is 4.79 Å². The van der Waals surface area contributed by atoms with Crippen LogP contribution in [-0.2, 0) is 4.74 Å². The van der Waals surface area contributed by atoms with Crippen LogP contribution < -0.4 is 4.74 Å². The summed E-state index contributed by atoms with van der Waals surface area (Å²) in [5.41, 5.74) is -0.472. The summed E-state index contributed by atoms with van der Waals surface area (Å²) >= 11 is 3.39. The number of amides is 1. The van der Waals surface area contributed by atoms with Crippen molar-refractivity contribution >= 4 is 22.0 Å². The summed E-state index contributed by atoms with van der Waals surface area (Å²) in [5, 5.41) is 0. The molecule has 1 saturated heterocycles. The lowest BCUT2D eigenvalue weighted by atomic mass is 10.2. The summed E-state index contributed by atoms with van der Waals surface area (Å²) in [6.07, 6.45) is 2.13. The average molecular weight is 343 g/mol. The molecule has 1 aromatic rings. The third-order valence-electron chi connectivity index (χ3n) is 2.80. The van der Waals surface area contributed by atoms with Gasteiger partial charge in [-0.2, -0.15) is 0 Å². The molecule has 1 aromatic heterocycles. The zero-order valence-corrected chi connectivity index (χ0v) is 13.5. The highest BCUT2D eigenvalue weighted by Crippen LogP contribution is 2.25. The smallest absolute Gasteiger partial charge is 0.410 e. The van der Waals surface area contributed by atoms with E-state index in [1.807, 2.05) is 32.9 Å². The van der Waals surface area contributed by atoms with Gasteiger partial charge in [-0.25, -0.2) is 9.78 Å². The predicted molar refractivity (Wildman–Crippen MR) is 78.8 cm³/mol. The Labute approximate surface area is 127 Å². The fraction of sp³-hybridized carbons (Fsp3) is 0.571. The van der Waals surface area contributed by atoms with Crippen LogP contribution in [0.3, 0.4) is 0 Å². The van der Waals surface area contributed by atoms with Crippen molar-refractivity contribution in [2.45, 2.75) is 38.9 Å². The SMILES string of the molecule is CC(C)(C)OC(=O)N1CC[C@H](Oc2ncccc2Br)C1. The van der Waals surface area contributed by atoms with Crippen LogP contribution in [0.25, 0.3) is 0 Å². The van der Waals surface area contributed by atoms with Gasteiger partial charge in [-0.05, 0) is 48.8 Å². The fourth-order valence-electron chi connectivity index (χ4n) is 1.93. The van der Waals surface area contributed by atoms with Crippen molar-refractivity contribution in [1.82, 2.24) is 9.88 Å². The minimum absolute atomic E-state index is 0.0475. The quantitative estimate of drug-likeness (QED) is 0.827. The lowest BCUT2D eigenvalue weighted by Crippen LogP contribution is -2.36. The second kappa shape index (κ2) is 5.99. The van der Waals surface area contributed by atoms with E-state index in [0.29, 0.717) is 19.0 Å². The zero-order chi connectivity index (χ0) is 14.8. The highest BCUT2D eigenvalue weighted by atomic mass is 79.9. The zero-order valence-electron chi connectivity index (χ0n) is 11.9. The number of carbonyl (C=O) groups is 1. The van der Waals surface area contributed by atoms with Crippen LogP contribution in [0.15, 0.2) is 22.8 Å². The average Bonchev–Trinajstić information content (AvgIpc) is 2.79. The Morgan fingerprint density at radius 1 is 1.50 bits per heavy atom. The highest BCUT2D eigenvalue weighted by Gasteiger charge is 2.31. The van der Waals surface area contributed by atoms with Crippen molar-refractivity contribution in [3.63, 3.8) is 0 Å². The number of ether oxygens (including phenoxy) is 2. The molecule has 1 fully saturated rings. The number of rotatable bonds is 2.